The molecule has 1 amide bonds. The summed E-state index contributed by atoms with van der Waals surface area (Å²) in [5.41, 5.74) is -0.0945. The van der Waals surface area contributed by atoms with Crippen LogP contribution in [0, 0.1) is 0 Å². The van der Waals surface area contributed by atoms with Gasteiger partial charge in [-0.15, -0.1) is 6.58 Å². The Balaban J connectivity index is 2.28. The number of carbonyl (C=O) groups excluding carboxylic acids is 1. The maximum atomic E-state index is 12.4. The van der Waals surface area contributed by atoms with Crippen LogP contribution in [0.5, 0.6) is 5.75 Å². The van der Waals surface area contributed by atoms with Crippen molar-refractivity contribution in [1.82, 2.24) is 9.47 Å². The number of benzene rings is 1. The number of aromatic nitrogens is 1. The molecular weight excluding hydrogens is 292 g/mol. The summed E-state index contributed by atoms with van der Waals surface area (Å²) in [7, 11) is 0. The van der Waals surface area contributed by atoms with Gasteiger partial charge in [-0.1, -0.05) is 12.1 Å². The van der Waals surface area contributed by atoms with E-state index in [4.69, 9.17) is 4.74 Å². The zero-order valence-electron chi connectivity index (χ0n) is 13.6. The van der Waals surface area contributed by atoms with Gasteiger partial charge in [-0.25, -0.2) is 0 Å². The average Bonchev–Trinajstić information content (AvgIpc) is 2.57. The number of fused-ring (bicyclic) bond motifs is 1. The fraction of sp³-hybridized carbons (Fsp3) is 0.333. The van der Waals surface area contributed by atoms with Crippen molar-refractivity contribution in [2.24, 2.45) is 0 Å². The number of likely N-dealkylation sites (N-methyl/N-ethyl adjacent to an activating group) is 1. The van der Waals surface area contributed by atoms with Gasteiger partial charge in [-0.05, 0) is 32.0 Å². The maximum Gasteiger partial charge on any atom is 0.260 e. The lowest BCUT2D eigenvalue weighted by Gasteiger charge is -2.19. The number of amides is 1. The van der Waals surface area contributed by atoms with E-state index < -0.39 is 0 Å². The van der Waals surface area contributed by atoms with Gasteiger partial charge < -0.3 is 14.2 Å². The third-order valence-corrected chi connectivity index (χ3v) is 3.77. The standard InChI is InChI=1S/C18H22N2O3/c1-4-11-20-12-10-14-15(18(20)22)8-7-9-16(14)23-13-17(21)19(5-2)6-3/h4,7-10,12H,1,5-6,11,13H2,2-3H3. The summed E-state index contributed by atoms with van der Waals surface area (Å²) < 4.78 is 7.24. The smallest absolute Gasteiger partial charge is 0.260 e. The number of hydrogen-bond donors (Lipinski definition) is 0. The Morgan fingerprint density at radius 1 is 1.26 bits per heavy atom. The van der Waals surface area contributed by atoms with E-state index in [1.54, 1.807) is 39.9 Å². The molecule has 5 nitrogen and oxygen atoms in total. The molecule has 0 saturated heterocycles. The Morgan fingerprint density at radius 2 is 2.00 bits per heavy atom. The molecule has 5 heteroatoms. The average molecular weight is 314 g/mol. The van der Waals surface area contributed by atoms with Gasteiger partial charge in [0.1, 0.15) is 5.75 Å². The van der Waals surface area contributed by atoms with Crippen LogP contribution in [0.3, 0.4) is 0 Å². The Bertz CT molecular complexity index is 760. The van der Waals surface area contributed by atoms with Crippen LogP contribution in [0.25, 0.3) is 10.8 Å². The van der Waals surface area contributed by atoms with E-state index in [-0.39, 0.29) is 18.1 Å². The number of ether oxygens (including phenoxy) is 1. The second-order valence-corrected chi connectivity index (χ2v) is 5.13. The van der Waals surface area contributed by atoms with E-state index in [1.165, 1.54) is 0 Å². The molecular formula is C18H22N2O3. The minimum Gasteiger partial charge on any atom is -0.483 e. The fourth-order valence-electron chi connectivity index (χ4n) is 2.51. The molecule has 2 aromatic rings. The summed E-state index contributed by atoms with van der Waals surface area (Å²) in [6.07, 6.45) is 3.39. The quantitative estimate of drug-likeness (QED) is 0.738. The van der Waals surface area contributed by atoms with Crippen LogP contribution in [0.2, 0.25) is 0 Å². The van der Waals surface area contributed by atoms with Crippen molar-refractivity contribution in [3.05, 3.63) is 53.5 Å². The Morgan fingerprint density at radius 3 is 2.65 bits per heavy atom. The summed E-state index contributed by atoms with van der Waals surface area (Å²) in [4.78, 5) is 26.1. The molecule has 23 heavy (non-hydrogen) atoms. The molecule has 122 valence electrons. The summed E-state index contributed by atoms with van der Waals surface area (Å²) in [6, 6.07) is 7.13. The van der Waals surface area contributed by atoms with E-state index in [9.17, 15) is 9.59 Å². The molecule has 2 rings (SSSR count). The molecule has 0 N–H and O–H groups in total. The first kappa shape index (κ1) is 16.8. The molecule has 0 aliphatic heterocycles. The molecule has 1 heterocycles. The number of nitrogens with zero attached hydrogens (tertiary/aromatic N) is 2. The van der Waals surface area contributed by atoms with Gasteiger partial charge in [0.05, 0.1) is 5.39 Å². The molecule has 0 fully saturated rings. The highest BCUT2D eigenvalue weighted by Crippen LogP contribution is 2.23. The number of rotatable bonds is 7. The number of pyridine rings is 1. The van der Waals surface area contributed by atoms with Crippen LogP contribution >= 0.6 is 0 Å². The van der Waals surface area contributed by atoms with E-state index in [0.717, 1.165) is 0 Å². The predicted octanol–water partition coefficient (Wildman–Crippen LogP) is 2.43. The minimum absolute atomic E-state index is 0.0312. The normalized spacial score (nSPS) is 10.5. The summed E-state index contributed by atoms with van der Waals surface area (Å²) in [6.45, 7) is 9.25. The highest BCUT2D eigenvalue weighted by Gasteiger charge is 2.12. The molecule has 0 radical (unpaired) electrons. The van der Waals surface area contributed by atoms with Gasteiger partial charge in [0.15, 0.2) is 6.61 Å². The SMILES string of the molecule is C=CCn1ccc2c(OCC(=O)N(CC)CC)cccc2c1=O. The van der Waals surface area contributed by atoms with Crippen LogP contribution in [-0.2, 0) is 11.3 Å². The molecule has 0 atom stereocenters. The first-order valence-electron chi connectivity index (χ1n) is 7.76. The highest BCUT2D eigenvalue weighted by atomic mass is 16.5. The first-order chi connectivity index (χ1) is 11.1. The van der Waals surface area contributed by atoms with E-state index >= 15 is 0 Å². The molecule has 0 unspecified atom stereocenters. The molecule has 1 aromatic heterocycles. The van der Waals surface area contributed by atoms with Crippen molar-refractivity contribution in [2.45, 2.75) is 20.4 Å². The number of carbonyl (C=O) groups is 1. The summed E-state index contributed by atoms with van der Waals surface area (Å²) in [5.74, 6) is 0.484. The lowest BCUT2D eigenvalue weighted by molar-refractivity contribution is -0.132. The van der Waals surface area contributed by atoms with E-state index in [1.807, 2.05) is 19.9 Å². The third kappa shape index (κ3) is 3.62. The van der Waals surface area contributed by atoms with Crippen LogP contribution < -0.4 is 10.3 Å². The van der Waals surface area contributed by atoms with Crippen molar-refractivity contribution in [2.75, 3.05) is 19.7 Å². The maximum absolute atomic E-state index is 12.4. The largest absolute Gasteiger partial charge is 0.483 e. The summed E-state index contributed by atoms with van der Waals surface area (Å²) in [5, 5.41) is 1.28. The van der Waals surface area contributed by atoms with Gasteiger partial charge in [0, 0.05) is 31.2 Å². The highest BCUT2D eigenvalue weighted by molar-refractivity contribution is 5.88. The fourth-order valence-corrected chi connectivity index (χ4v) is 2.51. The van der Waals surface area contributed by atoms with Crippen LogP contribution in [0.4, 0.5) is 0 Å². The van der Waals surface area contributed by atoms with Crippen molar-refractivity contribution >= 4 is 16.7 Å². The van der Waals surface area contributed by atoms with Crippen LogP contribution in [0.15, 0.2) is 47.9 Å². The minimum atomic E-state index is -0.0945. The predicted molar refractivity (Wildman–Crippen MR) is 91.8 cm³/mol. The monoisotopic (exact) mass is 314 g/mol. The van der Waals surface area contributed by atoms with Crippen molar-refractivity contribution in [3.8, 4) is 5.75 Å². The lowest BCUT2D eigenvalue weighted by atomic mass is 10.1. The molecule has 0 bridgehead atoms. The van der Waals surface area contributed by atoms with Crippen molar-refractivity contribution in [1.29, 1.82) is 0 Å². The molecule has 0 saturated carbocycles. The number of allylic oxidation sites excluding steroid dienone is 1. The second-order valence-electron chi connectivity index (χ2n) is 5.13. The summed E-state index contributed by atoms with van der Waals surface area (Å²) >= 11 is 0. The van der Waals surface area contributed by atoms with Gasteiger partial charge in [0.2, 0.25) is 0 Å². The topological polar surface area (TPSA) is 51.5 Å². The molecule has 0 aliphatic carbocycles. The Kier molecular flexibility index (Phi) is 5.57. The third-order valence-electron chi connectivity index (χ3n) is 3.77. The Labute approximate surface area is 135 Å². The van der Waals surface area contributed by atoms with Gasteiger partial charge >= 0.3 is 0 Å². The lowest BCUT2D eigenvalue weighted by Crippen LogP contribution is -2.34. The van der Waals surface area contributed by atoms with Crippen molar-refractivity contribution in [3.63, 3.8) is 0 Å². The molecule has 0 aliphatic rings. The molecule has 1 aromatic carbocycles. The molecule has 0 spiro atoms. The second kappa shape index (κ2) is 7.63. The van der Waals surface area contributed by atoms with Crippen LogP contribution in [-0.4, -0.2) is 35.1 Å². The van der Waals surface area contributed by atoms with Crippen LogP contribution in [0.1, 0.15) is 13.8 Å². The zero-order chi connectivity index (χ0) is 16.8. The van der Waals surface area contributed by atoms with Crippen molar-refractivity contribution < 1.29 is 9.53 Å². The van der Waals surface area contributed by atoms with Gasteiger partial charge in [-0.2, -0.15) is 0 Å². The van der Waals surface area contributed by atoms with E-state index in [0.29, 0.717) is 36.2 Å². The first-order valence-corrected chi connectivity index (χ1v) is 7.76. The zero-order valence-corrected chi connectivity index (χ0v) is 13.6. The van der Waals surface area contributed by atoms with Gasteiger partial charge in [0.25, 0.3) is 11.5 Å². The Hall–Kier alpha value is -2.56. The van der Waals surface area contributed by atoms with Gasteiger partial charge in [-0.3, -0.25) is 9.59 Å². The van der Waals surface area contributed by atoms with E-state index in [2.05, 4.69) is 6.58 Å². The number of hydrogen-bond acceptors (Lipinski definition) is 3.